The predicted molar refractivity (Wildman–Crippen MR) is 96.8 cm³/mol. The number of carbonyl (C=O) groups excluding carboxylic acids is 3. The molecular formula is C18H16BrClN2O3. The van der Waals surface area contributed by atoms with E-state index in [1.54, 1.807) is 18.2 Å². The van der Waals surface area contributed by atoms with Crippen LogP contribution in [0.15, 0.2) is 34.8 Å². The third kappa shape index (κ3) is 2.81. The lowest BCUT2D eigenvalue weighted by molar-refractivity contribution is -0.140. The van der Waals surface area contributed by atoms with Crippen molar-refractivity contribution in [2.75, 3.05) is 11.9 Å². The molecule has 1 aromatic rings. The number of halogens is 2. The van der Waals surface area contributed by atoms with E-state index in [2.05, 4.69) is 33.4 Å². The second-order valence-electron chi connectivity index (χ2n) is 6.75. The smallest absolute Gasteiger partial charge is 0.233 e. The Morgan fingerprint density at radius 1 is 1.20 bits per heavy atom. The van der Waals surface area contributed by atoms with Crippen LogP contribution in [0.3, 0.4) is 0 Å². The number of anilines is 1. The number of carbonyl (C=O) groups is 3. The molecule has 0 radical (unpaired) electrons. The molecule has 4 atom stereocenters. The Hall–Kier alpha value is -1.66. The predicted octanol–water partition coefficient (Wildman–Crippen LogP) is 3.24. The number of nitrogens with one attached hydrogen (secondary N) is 1. The molecule has 130 valence electrons. The fourth-order valence-corrected chi connectivity index (χ4v) is 4.92. The van der Waals surface area contributed by atoms with Crippen LogP contribution in [-0.4, -0.2) is 29.2 Å². The van der Waals surface area contributed by atoms with Crippen molar-refractivity contribution in [2.24, 2.45) is 23.7 Å². The van der Waals surface area contributed by atoms with Gasteiger partial charge in [0, 0.05) is 17.4 Å². The standard InChI is InChI=1S/C18H16BrClN2O3/c19-11-3-4-13(12(20)8-11)21-14(23)5-6-22-17(24)15-9-1-2-10(7-9)16(15)18(22)25/h1-4,8-10,15-16H,5-7H2,(H,21,23)/t9-,10-,15+,16+/m0/s1. The molecule has 5 nitrogen and oxygen atoms in total. The summed E-state index contributed by atoms with van der Waals surface area (Å²) in [4.78, 5) is 38.6. The second kappa shape index (κ2) is 6.25. The van der Waals surface area contributed by atoms with E-state index in [1.165, 1.54) is 4.90 Å². The number of likely N-dealkylation sites (tertiary alicyclic amines) is 1. The van der Waals surface area contributed by atoms with E-state index < -0.39 is 0 Å². The van der Waals surface area contributed by atoms with Gasteiger partial charge in [-0.2, -0.15) is 0 Å². The number of allylic oxidation sites excluding steroid dienone is 2. The third-order valence-corrected chi connectivity index (χ3v) is 6.14. The Morgan fingerprint density at radius 3 is 2.44 bits per heavy atom. The maximum Gasteiger partial charge on any atom is 0.233 e. The van der Waals surface area contributed by atoms with Crippen LogP contribution in [0, 0.1) is 23.7 Å². The summed E-state index contributed by atoms with van der Waals surface area (Å²) >= 11 is 9.39. The van der Waals surface area contributed by atoms with Gasteiger partial charge in [-0.05, 0) is 36.5 Å². The SMILES string of the molecule is O=C(CCN1C(=O)[C@H]2[C@H](C1=O)[C@H]1C=C[C@H]2C1)Nc1ccc(Br)cc1Cl. The van der Waals surface area contributed by atoms with Crippen molar-refractivity contribution in [1.82, 2.24) is 4.90 Å². The Balaban J connectivity index is 1.38. The minimum Gasteiger partial charge on any atom is -0.325 e. The lowest BCUT2D eigenvalue weighted by atomic mass is 9.85. The van der Waals surface area contributed by atoms with E-state index in [-0.39, 0.29) is 54.4 Å². The molecule has 1 heterocycles. The van der Waals surface area contributed by atoms with Crippen LogP contribution in [0.25, 0.3) is 0 Å². The van der Waals surface area contributed by atoms with Gasteiger partial charge in [-0.25, -0.2) is 0 Å². The number of rotatable bonds is 4. The van der Waals surface area contributed by atoms with Gasteiger partial charge in [0.25, 0.3) is 0 Å². The van der Waals surface area contributed by atoms with Gasteiger partial charge in [-0.1, -0.05) is 39.7 Å². The molecule has 4 rings (SSSR count). The number of hydrogen-bond acceptors (Lipinski definition) is 3. The summed E-state index contributed by atoms with van der Waals surface area (Å²) < 4.78 is 0.818. The zero-order valence-electron chi connectivity index (χ0n) is 13.2. The molecule has 2 fully saturated rings. The molecule has 3 aliphatic rings. The molecule has 2 aliphatic carbocycles. The van der Waals surface area contributed by atoms with Gasteiger partial charge in [0.15, 0.2) is 0 Å². The molecule has 2 bridgehead atoms. The van der Waals surface area contributed by atoms with Crippen molar-refractivity contribution in [3.05, 3.63) is 39.8 Å². The van der Waals surface area contributed by atoms with Crippen molar-refractivity contribution >= 4 is 50.9 Å². The number of imide groups is 1. The fraction of sp³-hybridized carbons (Fsp3) is 0.389. The summed E-state index contributed by atoms with van der Waals surface area (Å²) in [6.07, 6.45) is 5.08. The Kier molecular flexibility index (Phi) is 4.20. The van der Waals surface area contributed by atoms with Crippen molar-refractivity contribution < 1.29 is 14.4 Å². The number of benzene rings is 1. The average Bonchev–Trinajstić information content (AvgIpc) is 3.23. The molecule has 7 heteroatoms. The number of fused-ring (bicyclic) bond motifs is 5. The van der Waals surface area contributed by atoms with Crippen molar-refractivity contribution in [3.63, 3.8) is 0 Å². The average molecular weight is 424 g/mol. The van der Waals surface area contributed by atoms with Gasteiger partial charge in [-0.15, -0.1) is 0 Å². The van der Waals surface area contributed by atoms with Crippen LogP contribution in [0.2, 0.25) is 5.02 Å². The quantitative estimate of drug-likeness (QED) is 0.597. The highest BCUT2D eigenvalue weighted by Gasteiger charge is 2.58. The van der Waals surface area contributed by atoms with Crippen LogP contribution in [0.4, 0.5) is 5.69 Å². The number of nitrogens with zero attached hydrogens (tertiary/aromatic N) is 1. The first-order valence-electron chi connectivity index (χ1n) is 8.24. The van der Waals surface area contributed by atoms with Gasteiger partial charge >= 0.3 is 0 Å². The van der Waals surface area contributed by atoms with Gasteiger partial charge in [0.1, 0.15) is 0 Å². The first-order valence-corrected chi connectivity index (χ1v) is 9.41. The van der Waals surface area contributed by atoms with Crippen LogP contribution < -0.4 is 5.32 Å². The molecule has 0 aromatic heterocycles. The lowest BCUT2D eigenvalue weighted by Crippen LogP contribution is -2.35. The molecule has 1 saturated heterocycles. The molecule has 0 unspecified atom stereocenters. The molecule has 1 aliphatic heterocycles. The van der Waals surface area contributed by atoms with Gasteiger partial charge in [-0.3, -0.25) is 19.3 Å². The summed E-state index contributed by atoms with van der Waals surface area (Å²) in [6, 6.07) is 5.16. The summed E-state index contributed by atoms with van der Waals surface area (Å²) in [5.74, 6) is -0.581. The second-order valence-corrected chi connectivity index (χ2v) is 8.07. The van der Waals surface area contributed by atoms with E-state index in [9.17, 15) is 14.4 Å². The van der Waals surface area contributed by atoms with Gasteiger partial charge < -0.3 is 5.32 Å². The monoisotopic (exact) mass is 422 g/mol. The van der Waals surface area contributed by atoms with Crippen LogP contribution >= 0.6 is 27.5 Å². The fourth-order valence-electron chi connectivity index (χ4n) is 4.20. The summed E-state index contributed by atoms with van der Waals surface area (Å²) in [6.45, 7) is 0.115. The Bertz CT molecular complexity index is 780. The van der Waals surface area contributed by atoms with Crippen LogP contribution in [-0.2, 0) is 14.4 Å². The first-order chi connectivity index (χ1) is 12.0. The molecule has 3 amide bonds. The maximum atomic E-state index is 12.6. The first kappa shape index (κ1) is 16.8. The largest absolute Gasteiger partial charge is 0.325 e. The zero-order valence-corrected chi connectivity index (χ0v) is 15.6. The molecule has 1 aromatic carbocycles. The molecule has 25 heavy (non-hydrogen) atoms. The highest BCUT2D eigenvalue weighted by Crippen LogP contribution is 2.52. The van der Waals surface area contributed by atoms with E-state index >= 15 is 0 Å². The van der Waals surface area contributed by atoms with Crippen LogP contribution in [0.5, 0.6) is 0 Å². The lowest BCUT2D eigenvalue weighted by Gasteiger charge is -2.17. The number of amides is 3. The Labute approximate surface area is 158 Å². The maximum absolute atomic E-state index is 12.6. The minimum absolute atomic E-state index is 0.0616. The summed E-state index contributed by atoms with van der Waals surface area (Å²) in [5, 5.41) is 3.14. The van der Waals surface area contributed by atoms with Crippen molar-refractivity contribution in [2.45, 2.75) is 12.8 Å². The topological polar surface area (TPSA) is 66.5 Å². The van der Waals surface area contributed by atoms with E-state index in [4.69, 9.17) is 11.6 Å². The van der Waals surface area contributed by atoms with E-state index in [0.29, 0.717) is 10.7 Å². The summed E-state index contributed by atoms with van der Waals surface area (Å²) in [5.41, 5.74) is 0.507. The highest BCUT2D eigenvalue weighted by atomic mass is 79.9. The normalized spacial score (nSPS) is 29.4. The van der Waals surface area contributed by atoms with Gasteiger partial charge in [0.2, 0.25) is 17.7 Å². The minimum atomic E-state index is -0.275. The third-order valence-electron chi connectivity index (χ3n) is 5.33. The summed E-state index contributed by atoms with van der Waals surface area (Å²) in [7, 11) is 0. The Morgan fingerprint density at radius 2 is 1.84 bits per heavy atom. The zero-order chi connectivity index (χ0) is 17.7. The van der Waals surface area contributed by atoms with Gasteiger partial charge in [0.05, 0.1) is 22.5 Å². The van der Waals surface area contributed by atoms with E-state index in [1.807, 2.05) is 0 Å². The van der Waals surface area contributed by atoms with Crippen LogP contribution in [0.1, 0.15) is 12.8 Å². The molecular weight excluding hydrogens is 408 g/mol. The molecule has 1 saturated carbocycles. The van der Waals surface area contributed by atoms with Crippen molar-refractivity contribution in [3.8, 4) is 0 Å². The van der Waals surface area contributed by atoms with Crippen molar-refractivity contribution in [1.29, 1.82) is 0 Å². The molecule has 1 N–H and O–H groups in total. The highest BCUT2D eigenvalue weighted by molar-refractivity contribution is 9.10. The number of hydrogen-bond donors (Lipinski definition) is 1. The van der Waals surface area contributed by atoms with E-state index in [0.717, 1.165) is 10.9 Å². The molecule has 0 spiro atoms.